The molecule has 0 saturated heterocycles. The first-order chi connectivity index (χ1) is 10.8. The van der Waals surface area contributed by atoms with Crippen LogP contribution in [0.5, 0.6) is 0 Å². The van der Waals surface area contributed by atoms with Crippen LogP contribution < -0.4 is 11.1 Å². The Kier molecular flexibility index (Phi) is 3.11. The fourth-order valence-corrected chi connectivity index (χ4v) is 3.10. The number of hydrogen-bond donors (Lipinski definition) is 2. The molecule has 0 radical (unpaired) electrons. The monoisotopic (exact) mass is 291 g/mol. The standard InChI is InChI=1S/C17H17N5/c18-16-8-14-15(9-19-16)20-10-21-17(14)22-13-6-5-11-3-1-2-4-12(11)7-13/h1-4,8-10,13H,5-7H2,(H2,18,19)(H,20,21,22). The highest BCUT2D eigenvalue weighted by molar-refractivity contribution is 5.89. The molecule has 0 bridgehead atoms. The number of benzene rings is 1. The van der Waals surface area contributed by atoms with E-state index < -0.39 is 0 Å². The Balaban J connectivity index is 1.63. The van der Waals surface area contributed by atoms with Gasteiger partial charge in [0.15, 0.2) is 0 Å². The average Bonchev–Trinajstić information content (AvgIpc) is 2.55. The van der Waals surface area contributed by atoms with Crippen molar-refractivity contribution in [2.45, 2.75) is 25.3 Å². The molecule has 3 aromatic rings. The Hall–Kier alpha value is -2.69. The van der Waals surface area contributed by atoms with E-state index in [1.54, 1.807) is 12.5 Å². The van der Waals surface area contributed by atoms with Gasteiger partial charge < -0.3 is 11.1 Å². The molecule has 110 valence electrons. The van der Waals surface area contributed by atoms with Crippen molar-refractivity contribution in [2.24, 2.45) is 0 Å². The van der Waals surface area contributed by atoms with Crippen LogP contribution in [0, 0.1) is 0 Å². The van der Waals surface area contributed by atoms with Gasteiger partial charge >= 0.3 is 0 Å². The van der Waals surface area contributed by atoms with E-state index in [4.69, 9.17) is 5.73 Å². The van der Waals surface area contributed by atoms with Crippen LogP contribution in [0.4, 0.5) is 11.6 Å². The minimum Gasteiger partial charge on any atom is -0.384 e. The molecule has 1 aromatic carbocycles. The molecule has 2 aromatic heterocycles. The lowest BCUT2D eigenvalue weighted by Crippen LogP contribution is -2.27. The molecule has 1 aliphatic rings. The zero-order chi connectivity index (χ0) is 14.9. The third-order valence-corrected chi connectivity index (χ3v) is 4.23. The number of nitrogen functional groups attached to an aromatic ring is 1. The number of fused-ring (bicyclic) bond motifs is 2. The predicted octanol–water partition coefficient (Wildman–Crippen LogP) is 2.58. The van der Waals surface area contributed by atoms with Crippen LogP contribution in [0.15, 0.2) is 42.9 Å². The van der Waals surface area contributed by atoms with Crippen molar-refractivity contribution in [1.82, 2.24) is 15.0 Å². The van der Waals surface area contributed by atoms with Gasteiger partial charge in [-0.15, -0.1) is 0 Å². The fraction of sp³-hybridized carbons (Fsp3) is 0.235. The van der Waals surface area contributed by atoms with Crippen molar-refractivity contribution in [3.63, 3.8) is 0 Å². The molecule has 0 spiro atoms. The van der Waals surface area contributed by atoms with E-state index in [9.17, 15) is 0 Å². The molecule has 0 fully saturated rings. The van der Waals surface area contributed by atoms with Crippen molar-refractivity contribution in [2.75, 3.05) is 11.1 Å². The topological polar surface area (TPSA) is 76.7 Å². The molecule has 5 nitrogen and oxygen atoms in total. The Morgan fingerprint density at radius 2 is 1.95 bits per heavy atom. The van der Waals surface area contributed by atoms with Gasteiger partial charge in [-0.05, 0) is 36.5 Å². The first-order valence-corrected chi connectivity index (χ1v) is 7.49. The second-order valence-corrected chi connectivity index (χ2v) is 5.70. The fourth-order valence-electron chi connectivity index (χ4n) is 3.10. The minimum absolute atomic E-state index is 0.377. The molecule has 0 saturated carbocycles. The Morgan fingerprint density at radius 3 is 2.86 bits per heavy atom. The smallest absolute Gasteiger partial charge is 0.137 e. The maximum absolute atomic E-state index is 5.79. The van der Waals surface area contributed by atoms with Gasteiger partial charge in [-0.3, -0.25) is 0 Å². The van der Waals surface area contributed by atoms with Gasteiger partial charge in [-0.25, -0.2) is 15.0 Å². The molecule has 22 heavy (non-hydrogen) atoms. The molecule has 5 heteroatoms. The van der Waals surface area contributed by atoms with Crippen molar-refractivity contribution in [1.29, 1.82) is 0 Å². The van der Waals surface area contributed by atoms with Crippen molar-refractivity contribution >= 4 is 22.5 Å². The molecule has 1 aliphatic carbocycles. The van der Waals surface area contributed by atoms with Crippen LogP contribution in [0.1, 0.15) is 17.5 Å². The number of nitrogens with two attached hydrogens (primary N) is 1. The molecular formula is C17H17N5. The Morgan fingerprint density at radius 1 is 1.09 bits per heavy atom. The van der Waals surface area contributed by atoms with Crippen molar-refractivity contribution < 1.29 is 0 Å². The summed E-state index contributed by atoms with van der Waals surface area (Å²) in [5, 5.41) is 4.48. The van der Waals surface area contributed by atoms with Crippen LogP contribution in [0.2, 0.25) is 0 Å². The second-order valence-electron chi connectivity index (χ2n) is 5.70. The largest absolute Gasteiger partial charge is 0.384 e. The average molecular weight is 291 g/mol. The van der Waals surface area contributed by atoms with E-state index in [1.165, 1.54) is 11.1 Å². The van der Waals surface area contributed by atoms with E-state index >= 15 is 0 Å². The molecule has 4 rings (SSSR count). The molecule has 1 unspecified atom stereocenters. The van der Waals surface area contributed by atoms with Gasteiger partial charge in [-0.1, -0.05) is 24.3 Å². The van der Waals surface area contributed by atoms with Crippen LogP contribution in [-0.4, -0.2) is 21.0 Å². The highest BCUT2D eigenvalue weighted by Gasteiger charge is 2.19. The summed E-state index contributed by atoms with van der Waals surface area (Å²) < 4.78 is 0. The highest BCUT2D eigenvalue weighted by Crippen LogP contribution is 2.26. The van der Waals surface area contributed by atoms with E-state index in [2.05, 4.69) is 44.5 Å². The van der Waals surface area contributed by atoms with E-state index in [-0.39, 0.29) is 0 Å². The lowest BCUT2D eigenvalue weighted by atomic mass is 9.88. The summed E-state index contributed by atoms with van der Waals surface area (Å²) in [6.07, 6.45) is 6.47. The molecule has 0 aliphatic heterocycles. The third-order valence-electron chi connectivity index (χ3n) is 4.23. The molecular weight excluding hydrogens is 274 g/mol. The maximum atomic E-state index is 5.79. The summed E-state index contributed by atoms with van der Waals surface area (Å²) in [4.78, 5) is 12.7. The van der Waals surface area contributed by atoms with Crippen LogP contribution in [0.25, 0.3) is 10.9 Å². The lowest BCUT2D eigenvalue weighted by molar-refractivity contribution is 0.609. The lowest BCUT2D eigenvalue weighted by Gasteiger charge is -2.26. The number of aryl methyl sites for hydroxylation is 1. The highest BCUT2D eigenvalue weighted by atomic mass is 15.0. The van der Waals surface area contributed by atoms with E-state index in [0.29, 0.717) is 11.9 Å². The predicted molar refractivity (Wildman–Crippen MR) is 87.6 cm³/mol. The summed E-state index contributed by atoms with van der Waals surface area (Å²) in [5.74, 6) is 1.32. The van der Waals surface area contributed by atoms with Gasteiger partial charge in [0, 0.05) is 11.4 Å². The van der Waals surface area contributed by atoms with E-state index in [1.807, 2.05) is 6.07 Å². The van der Waals surface area contributed by atoms with Gasteiger partial charge in [0.2, 0.25) is 0 Å². The molecule has 2 heterocycles. The quantitative estimate of drug-likeness (QED) is 0.759. The number of hydrogen-bond acceptors (Lipinski definition) is 5. The third kappa shape index (κ3) is 2.35. The Labute approximate surface area is 128 Å². The number of rotatable bonds is 2. The van der Waals surface area contributed by atoms with Gasteiger partial charge in [0.05, 0.1) is 11.7 Å². The molecule has 0 amide bonds. The van der Waals surface area contributed by atoms with Crippen molar-refractivity contribution in [3.05, 3.63) is 54.0 Å². The minimum atomic E-state index is 0.377. The molecule has 1 atom stereocenters. The normalized spacial score (nSPS) is 17.2. The zero-order valence-corrected chi connectivity index (χ0v) is 12.2. The summed E-state index contributed by atoms with van der Waals surface area (Å²) in [7, 11) is 0. The summed E-state index contributed by atoms with van der Waals surface area (Å²) in [6.45, 7) is 0. The maximum Gasteiger partial charge on any atom is 0.137 e. The molecule has 3 N–H and O–H groups in total. The van der Waals surface area contributed by atoms with Crippen molar-refractivity contribution in [3.8, 4) is 0 Å². The van der Waals surface area contributed by atoms with Gasteiger partial charge in [-0.2, -0.15) is 0 Å². The number of nitrogens with zero attached hydrogens (tertiary/aromatic N) is 3. The Bertz CT molecular complexity index is 830. The second kappa shape index (κ2) is 5.26. The van der Waals surface area contributed by atoms with Gasteiger partial charge in [0.1, 0.15) is 18.0 Å². The van der Waals surface area contributed by atoms with Gasteiger partial charge in [0.25, 0.3) is 0 Å². The summed E-state index contributed by atoms with van der Waals surface area (Å²) in [5.41, 5.74) is 9.48. The first kappa shape index (κ1) is 13.0. The number of nitrogens with one attached hydrogen (secondary N) is 1. The number of aromatic nitrogens is 3. The number of pyridine rings is 1. The van der Waals surface area contributed by atoms with Crippen LogP contribution >= 0.6 is 0 Å². The first-order valence-electron chi connectivity index (χ1n) is 7.49. The number of anilines is 2. The SMILES string of the molecule is Nc1cc2c(NC3CCc4ccccc4C3)ncnc2cn1. The summed E-state index contributed by atoms with van der Waals surface area (Å²) in [6, 6.07) is 10.9. The van der Waals surface area contributed by atoms with E-state index in [0.717, 1.165) is 36.0 Å². The zero-order valence-electron chi connectivity index (χ0n) is 12.2. The van der Waals surface area contributed by atoms with Crippen LogP contribution in [0.3, 0.4) is 0 Å². The summed E-state index contributed by atoms with van der Waals surface area (Å²) >= 11 is 0. The van der Waals surface area contributed by atoms with Crippen LogP contribution in [-0.2, 0) is 12.8 Å².